The summed E-state index contributed by atoms with van der Waals surface area (Å²) < 4.78 is 16.1. The first-order chi connectivity index (χ1) is 28.3. The fourth-order valence-corrected chi connectivity index (χ4v) is 8.50. The molecule has 6 rings (SSSR count). The maximum absolute atomic E-state index is 11.7. The number of allylic oxidation sites excluding steroid dienone is 2. The first-order valence-electron chi connectivity index (χ1n) is 22.1. The number of pyridine rings is 2. The smallest absolute Gasteiger partial charge is 0.162 e. The van der Waals surface area contributed by atoms with Gasteiger partial charge in [-0.05, 0) is 82.2 Å². The largest absolute Gasteiger partial charge is 0.512 e. The molecule has 2 aromatic heterocycles. The number of aromatic nitrogens is 2. The summed E-state index contributed by atoms with van der Waals surface area (Å²) in [5, 5.41) is 15.5. The van der Waals surface area contributed by atoms with Gasteiger partial charge in [0.25, 0.3) is 0 Å². The van der Waals surface area contributed by atoms with Crippen LogP contribution in [0.1, 0.15) is 104 Å². The van der Waals surface area contributed by atoms with Crippen LogP contribution in [0.3, 0.4) is 0 Å². The number of hydrogen-bond donors (Lipinski definition) is 1. The van der Waals surface area contributed by atoms with Gasteiger partial charge in [-0.15, -0.1) is 69.8 Å². The molecule has 0 saturated heterocycles. The van der Waals surface area contributed by atoms with E-state index in [1.165, 1.54) is 28.0 Å². The van der Waals surface area contributed by atoms with E-state index >= 15 is 0 Å². The number of hydrogen-bond acceptors (Lipinski definition) is 4. The molecule has 0 aliphatic carbocycles. The Morgan fingerprint density at radius 3 is 1.58 bits per heavy atom. The van der Waals surface area contributed by atoms with Gasteiger partial charge in [0.2, 0.25) is 0 Å². The Morgan fingerprint density at radius 1 is 0.695 bits per heavy atom. The molecule has 0 unspecified atom stereocenters. The van der Waals surface area contributed by atoms with E-state index in [0.717, 1.165) is 80.9 Å². The summed E-state index contributed by atoms with van der Waals surface area (Å²) in [4.78, 5) is 20.7. The maximum Gasteiger partial charge on any atom is 0.162 e. The quantitative estimate of drug-likeness (QED) is 0.0608. The van der Waals surface area contributed by atoms with E-state index in [1.807, 2.05) is 53.7 Å². The van der Waals surface area contributed by atoms with Crippen LogP contribution in [0.25, 0.3) is 44.1 Å². The third-order valence-electron chi connectivity index (χ3n) is 10.9. The van der Waals surface area contributed by atoms with Gasteiger partial charge in [0.1, 0.15) is 0 Å². The molecule has 315 valence electrons. The van der Waals surface area contributed by atoms with Crippen LogP contribution in [0.15, 0.2) is 97.0 Å². The Labute approximate surface area is 373 Å². The SMILES string of the molecule is CCC(CC)C(=O)/C=C(\O)C(CC)CC.[2H]c1cc2cc(C(C)C)ccc2c(-c2[c-]c(C)cc(C)c2)n1.[2H]c1cc2cc([Si](C)(C)C)ccc2c(-c2[c-]c(C)cc(C)c2)n1.[Ir]. The monoisotopic (exact) mass is 985 g/mol. The van der Waals surface area contributed by atoms with E-state index in [9.17, 15) is 9.90 Å². The molecular formula is C53H66IrN2O2Si-2. The third-order valence-corrected chi connectivity index (χ3v) is 12.9. The molecule has 1 N–H and O–H groups in total. The van der Waals surface area contributed by atoms with Crippen molar-refractivity contribution in [1.82, 2.24) is 9.97 Å². The molecular weight excluding hydrogens is 917 g/mol. The number of benzene rings is 4. The zero-order chi connectivity index (χ0) is 44.5. The summed E-state index contributed by atoms with van der Waals surface area (Å²) in [6, 6.07) is 32.0. The summed E-state index contributed by atoms with van der Waals surface area (Å²) in [5.41, 5.74) is 9.52. The van der Waals surface area contributed by atoms with Crippen LogP contribution < -0.4 is 5.19 Å². The summed E-state index contributed by atoms with van der Waals surface area (Å²) in [6.07, 6.45) is 5.52. The summed E-state index contributed by atoms with van der Waals surface area (Å²) >= 11 is 0. The molecule has 0 amide bonds. The Hall–Kier alpha value is -4.22. The molecule has 6 heteroatoms. The second-order valence-corrected chi connectivity index (χ2v) is 22.1. The molecule has 0 atom stereocenters. The average Bonchev–Trinajstić information content (AvgIpc) is 3.17. The van der Waals surface area contributed by atoms with Crippen molar-refractivity contribution in [3.8, 4) is 22.5 Å². The van der Waals surface area contributed by atoms with Crippen LogP contribution >= 0.6 is 0 Å². The summed E-state index contributed by atoms with van der Waals surface area (Å²) in [7, 11) is -1.37. The first kappa shape index (κ1) is 45.9. The van der Waals surface area contributed by atoms with Crippen LogP contribution in [0, 0.1) is 51.7 Å². The van der Waals surface area contributed by atoms with Gasteiger partial charge in [0, 0.05) is 50.4 Å². The maximum atomic E-state index is 11.7. The molecule has 0 aliphatic rings. The number of aliphatic hydroxyl groups excluding tert-OH is 1. The molecule has 59 heavy (non-hydrogen) atoms. The predicted molar refractivity (Wildman–Crippen MR) is 252 cm³/mol. The van der Waals surface area contributed by atoms with Gasteiger partial charge in [0.05, 0.1) is 16.6 Å². The second-order valence-electron chi connectivity index (χ2n) is 17.0. The van der Waals surface area contributed by atoms with Gasteiger partial charge in [-0.3, -0.25) is 4.79 Å². The Kier molecular flexibility index (Phi) is 17.4. The summed E-state index contributed by atoms with van der Waals surface area (Å²) in [5.74, 6) is 1.02. The number of ketones is 1. The molecule has 4 nitrogen and oxygen atoms in total. The van der Waals surface area contributed by atoms with Gasteiger partial charge >= 0.3 is 0 Å². The van der Waals surface area contributed by atoms with Crippen molar-refractivity contribution in [1.29, 1.82) is 0 Å². The van der Waals surface area contributed by atoms with Crippen LogP contribution in [0.4, 0.5) is 0 Å². The van der Waals surface area contributed by atoms with E-state index in [0.29, 0.717) is 18.3 Å². The zero-order valence-electron chi connectivity index (χ0n) is 39.6. The van der Waals surface area contributed by atoms with Gasteiger partial charge in [-0.25, -0.2) is 0 Å². The van der Waals surface area contributed by atoms with Crippen molar-refractivity contribution in [3.63, 3.8) is 0 Å². The number of nitrogens with zero attached hydrogens (tertiary/aromatic N) is 2. The molecule has 6 aromatic rings. The number of rotatable bonds is 11. The molecule has 0 aliphatic heterocycles. The first-order valence-corrected chi connectivity index (χ1v) is 24.6. The van der Waals surface area contributed by atoms with Crippen LogP contribution in [-0.4, -0.2) is 28.9 Å². The van der Waals surface area contributed by atoms with Gasteiger partial charge in [-0.1, -0.05) is 130 Å². The number of aryl methyl sites for hydroxylation is 4. The van der Waals surface area contributed by atoms with E-state index < -0.39 is 8.07 Å². The standard InChI is InChI=1S/C20H22NSi.C20H20N.C13H24O2.Ir/c1-14-10-15(2)12-17(11-14)20-19-7-6-18(22(3,4)5)13-16(19)8-9-21-20;1-13(2)16-5-6-19-17(12-16)7-8-21-20(19)18-10-14(3)9-15(4)11-18;1-5-10(6-2)12(14)9-13(15)11(7-3)8-4;/h6-11,13H,1-5H3;5-10,12-13H,1-4H3;9-11,14H,5-8H2,1-4H3;/q2*-1;;/b;;12-9-;/i9D;8D;;. The van der Waals surface area contributed by atoms with Gasteiger partial charge in [0.15, 0.2) is 5.78 Å². The molecule has 0 saturated carbocycles. The minimum Gasteiger partial charge on any atom is -0.512 e. The van der Waals surface area contributed by atoms with Crippen LogP contribution in [0.5, 0.6) is 0 Å². The van der Waals surface area contributed by atoms with Crippen molar-refractivity contribution >= 4 is 40.6 Å². The molecule has 0 fully saturated rings. The molecule has 0 bridgehead atoms. The van der Waals surface area contributed by atoms with E-state index in [2.05, 4.69) is 130 Å². The van der Waals surface area contributed by atoms with Crippen molar-refractivity contribution in [3.05, 3.63) is 137 Å². The Balaban J connectivity index is 0.000000248. The topological polar surface area (TPSA) is 63.1 Å². The Bertz CT molecular complexity index is 2420. The minimum atomic E-state index is -1.37. The van der Waals surface area contributed by atoms with Crippen molar-refractivity contribution in [2.75, 3.05) is 0 Å². The average molecular weight is 985 g/mol. The van der Waals surface area contributed by atoms with Crippen molar-refractivity contribution < 1.29 is 32.7 Å². The van der Waals surface area contributed by atoms with E-state index in [4.69, 9.17) is 2.74 Å². The molecule has 2 heterocycles. The number of carbonyl (C=O) groups excluding carboxylic acids is 1. The van der Waals surface area contributed by atoms with Crippen molar-refractivity contribution in [2.24, 2.45) is 11.8 Å². The number of carbonyl (C=O) groups is 1. The van der Waals surface area contributed by atoms with Gasteiger partial charge < -0.3 is 15.1 Å². The molecule has 4 aromatic carbocycles. The minimum absolute atomic E-state index is 0. The summed E-state index contributed by atoms with van der Waals surface area (Å²) in [6.45, 7) is 27.7. The Morgan fingerprint density at radius 2 is 1.15 bits per heavy atom. The predicted octanol–water partition coefficient (Wildman–Crippen LogP) is 14.2. The van der Waals surface area contributed by atoms with Crippen LogP contribution in [-0.2, 0) is 24.9 Å². The number of aliphatic hydroxyl groups is 1. The second kappa shape index (κ2) is 22.4. The van der Waals surface area contributed by atoms with Crippen LogP contribution in [0.2, 0.25) is 19.6 Å². The van der Waals surface area contributed by atoms with Gasteiger partial charge in [-0.2, -0.15) is 0 Å². The van der Waals surface area contributed by atoms with E-state index in [1.54, 1.807) is 0 Å². The molecule has 1 radical (unpaired) electrons. The molecule has 0 spiro atoms. The third kappa shape index (κ3) is 13.4. The normalized spacial score (nSPS) is 12.1. The fraction of sp³-hybridized carbons (Fsp3) is 0.377. The number of fused-ring (bicyclic) bond motifs is 2. The van der Waals surface area contributed by atoms with E-state index in [-0.39, 0.29) is 43.5 Å². The van der Waals surface area contributed by atoms with Crippen molar-refractivity contribution in [2.45, 2.75) is 120 Å². The fourth-order valence-electron chi connectivity index (χ4n) is 7.33. The zero-order valence-corrected chi connectivity index (χ0v) is 41.0.